The third kappa shape index (κ3) is 5.73. The maximum atomic E-state index is 13.1. The first-order chi connectivity index (χ1) is 14.5. The summed E-state index contributed by atoms with van der Waals surface area (Å²) in [6.07, 6.45) is 1.76. The van der Waals surface area contributed by atoms with Crippen LogP contribution in [-0.2, 0) is 11.3 Å². The highest BCUT2D eigenvalue weighted by molar-refractivity contribution is 5.90. The van der Waals surface area contributed by atoms with Crippen LogP contribution in [0.2, 0.25) is 0 Å². The van der Waals surface area contributed by atoms with Crippen LogP contribution in [0.25, 0.3) is 0 Å². The minimum absolute atomic E-state index is 0.139. The number of benzene rings is 2. The van der Waals surface area contributed by atoms with Crippen molar-refractivity contribution in [2.24, 2.45) is 0 Å². The first-order valence-electron chi connectivity index (χ1n) is 10.0. The van der Waals surface area contributed by atoms with Crippen LogP contribution in [0.5, 0.6) is 0 Å². The van der Waals surface area contributed by atoms with Gasteiger partial charge in [0.2, 0.25) is 5.91 Å². The number of carbonyl (C=O) groups excluding carboxylic acids is 2. The predicted octanol–water partition coefficient (Wildman–Crippen LogP) is 4.89. The molecule has 1 unspecified atom stereocenters. The number of nitrogens with zero attached hydrogens (tertiary/aromatic N) is 1. The van der Waals surface area contributed by atoms with Gasteiger partial charge in [0.1, 0.15) is 5.76 Å². The van der Waals surface area contributed by atoms with Crippen LogP contribution < -0.4 is 10.6 Å². The molecular weight excluding hydrogens is 378 g/mol. The van der Waals surface area contributed by atoms with Crippen LogP contribution in [0.15, 0.2) is 77.4 Å². The van der Waals surface area contributed by atoms with Crippen molar-refractivity contribution >= 4 is 17.6 Å². The smallest absolute Gasteiger partial charge is 0.322 e. The maximum absolute atomic E-state index is 13.1. The second kappa shape index (κ2) is 10.3. The fourth-order valence-corrected chi connectivity index (χ4v) is 3.19. The molecule has 0 spiro atoms. The lowest BCUT2D eigenvalue weighted by Gasteiger charge is -2.30. The van der Waals surface area contributed by atoms with Gasteiger partial charge in [0.25, 0.3) is 0 Å². The zero-order valence-electron chi connectivity index (χ0n) is 17.3. The van der Waals surface area contributed by atoms with E-state index in [-0.39, 0.29) is 30.9 Å². The number of para-hydroxylation sites is 1. The van der Waals surface area contributed by atoms with Gasteiger partial charge in [-0.2, -0.15) is 0 Å². The van der Waals surface area contributed by atoms with E-state index >= 15 is 0 Å². The largest absolute Gasteiger partial charge is 0.467 e. The Labute approximate surface area is 176 Å². The van der Waals surface area contributed by atoms with Crippen LogP contribution >= 0.6 is 0 Å². The second-order valence-electron chi connectivity index (χ2n) is 7.13. The van der Waals surface area contributed by atoms with Gasteiger partial charge in [0, 0.05) is 18.7 Å². The van der Waals surface area contributed by atoms with Crippen LogP contribution in [0.3, 0.4) is 0 Å². The van der Waals surface area contributed by atoms with Gasteiger partial charge in [-0.1, -0.05) is 48.5 Å². The Balaban J connectivity index is 1.67. The van der Waals surface area contributed by atoms with Crippen molar-refractivity contribution < 1.29 is 14.0 Å². The van der Waals surface area contributed by atoms with Crippen LogP contribution in [0.1, 0.15) is 36.3 Å². The highest BCUT2D eigenvalue weighted by Gasteiger charge is 2.22. The van der Waals surface area contributed by atoms with Crippen molar-refractivity contribution in [2.45, 2.75) is 32.9 Å². The number of urea groups is 1. The standard InChI is InChI=1S/C24H27N3O3/c1-18-9-6-7-13-22(18)26-24(29)27(19(2)20-10-4-3-5-11-20)15-14-23(28)25-17-21-12-8-16-30-21/h3-13,16,19H,14-15,17H2,1-2H3,(H,25,28)(H,26,29). The van der Waals surface area contributed by atoms with Crippen molar-refractivity contribution in [1.82, 2.24) is 10.2 Å². The van der Waals surface area contributed by atoms with Crippen molar-refractivity contribution in [3.63, 3.8) is 0 Å². The Morgan fingerprint density at radius 1 is 1.00 bits per heavy atom. The number of aryl methyl sites for hydroxylation is 1. The SMILES string of the molecule is Cc1ccccc1NC(=O)N(CCC(=O)NCc1ccco1)C(C)c1ccccc1. The number of hydrogen-bond acceptors (Lipinski definition) is 3. The predicted molar refractivity (Wildman–Crippen MR) is 117 cm³/mol. The Kier molecular flexibility index (Phi) is 7.27. The van der Waals surface area contributed by atoms with Crippen molar-refractivity contribution in [3.05, 3.63) is 89.9 Å². The lowest BCUT2D eigenvalue weighted by atomic mass is 10.1. The molecule has 2 N–H and O–H groups in total. The van der Waals surface area contributed by atoms with Gasteiger partial charge in [0.15, 0.2) is 0 Å². The molecular formula is C24H27N3O3. The van der Waals surface area contributed by atoms with Crippen molar-refractivity contribution in [1.29, 1.82) is 0 Å². The zero-order valence-corrected chi connectivity index (χ0v) is 17.3. The Bertz CT molecular complexity index is 955. The molecule has 0 fully saturated rings. The summed E-state index contributed by atoms with van der Waals surface area (Å²) in [7, 11) is 0. The quantitative estimate of drug-likeness (QED) is 0.560. The van der Waals surface area contributed by atoms with E-state index in [9.17, 15) is 9.59 Å². The number of nitrogens with one attached hydrogen (secondary N) is 2. The van der Waals surface area contributed by atoms with E-state index in [0.29, 0.717) is 12.3 Å². The molecule has 0 aliphatic rings. The summed E-state index contributed by atoms with van der Waals surface area (Å²) in [5, 5.41) is 5.81. The molecule has 0 saturated carbocycles. The molecule has 1 atom stereocenters. The second-order valence-corrected chi connectivity index (χ2v) is 7.13. The lowest BCUT2D eigenvalue weighted by molar-refractivity contribution is -0.121. The number of furan rings is 1. The number of amides is 3. The molecule has 0 aliphatic heterocycles. The van der Waals surface area contributed by atoms with Crippen LogP contribution in [0, 0.1) is 6.92 Å². The van der Waals surface area contributed by atoms with Gasteiger partial charge in [-0.25, -0.2) is 4.79 Å². The summed E-state index contributed by atoms with van der Waals surface area (Å²) in [5.41, 5.74) is 2.75. The number of carbonyl (C=O) groups is 2. The van der Waals surface area contributed by atoms with E-state index in [0.717, 1.165) is 16.8 Å². The third-order valence-electron chi connectivity index (χ3n) is 5.02. The molecule has 0 bridgehead atoms. The monoisotopic (exact) mass is 405 g/mol. The minimum Gasteiger partial charge on any atom is -0.467 e. The third-order valence-corrected chi connectivity index (χ3v) is 5.02. The minimum atomic E-state index is -0.237. The lowest BCUT2D eigenvalue weighted by Crippen LogP contribution is -2.39. The van der Waals surface area contributed by atoms with E-state index in [1.54, 1.807) is 23.3 Å². The van der Waals surface area contributed by atoms with Crippen LogP contribution in [0.4, 0.5) is 10.5 Å². The molecule has 6 heteroatoms. The summed E-state index contributed by atoms with van der Waals surface area (Å²) in [4.78, 5) is 27.1. The van der Waals surface area contributed by atoms with Gasteiger partial charge in [-0.05, 0) is 43.2 Å². The van der Waals surface area contributed by atoms with E-state index in [4.69, 9.17) is 4.42 Å². The molecule has 3 rings (SSSR count). The normalized spacial score (nSPS) is 11.5. The maximum Gasteiger partial charge on any atom is 0.322 e. The Hall–Kier alpha value is -3.54. The fourth-order valence-electron chi connectivity index (χ4n) is 3.19. The van der Waals surface area contributed by atoms with Gasteiger partial charge < -0.3 is 20.0 Å². The average Bonchev–Trinajstić information content (AvgIpc) is 3.28. The van der Waals surface area contributed by atoms with E-state index in [2.05, 4.69) is 10.6 Å². The van der Waals surface area contributed by atoms with E-state index in [1.165, 1.54) is 0 Å². The molecule has 1 heterocycles. The summed E-state index contributed by atoms with van der Waals surface area (Å²) in [6.45, 7) is 4.53. The average molecular weight is 405 g/mol. The van der Waals surface area contributed by atoms with Gasteiger partial charge >= 0.3 is 6.03 Å². The number of anilines is 1. The fraction of sp³-hybridized carbons (Fsp3) is 0.250. The zero-order chi connectivity index (χ0) is 21.3. The molecule has 1 aromatic heterocycles. The first kappa shape index (κ1) is 21.2. The molecule has 6 nitrogen and oxygen atoms in total. The topological polar surface area (TPSA) is 74.6 Å². The molecule has 3 amide bonds. The molecule has 156 valence electrons. The van der Waals surface area contributed by atoms with Gasteiger partial charge in [-0.3, -0.25) is 4.79 Å². The van der Waals surface area contributed by atoms with Crippen molar-refractivity contribution in [2.75, 3.05) is 11.9 Å². The molecule has 3 aromatic rings. The summed E-state index contributed by atoms with van der Waals surface area (Å²) >= 11 is 0. The highest BCUT2D eigenvalue weighted by atomic mass is 16.3. The van der Waals surface area contributed by atoms with Gasteiger partial charge in [-0.15, -0.1) is 0 Å². The van der Waals surface area contributed by atoms with Gasteiger partial charge in [0.05, 0.1) is 18.8 Å². The Morgan fingerprint density at radius 2 is 1.73 bits per heavy atom. The molecule has 0 aliphatic carbocycles. The summed E-state index contributed by atoms with van der Waals surface area (Å²) in [6, 6.07) is 20.6. The summed E-state index contributed by atoms with van der Waals surface area (Å²) in [5.74, 6) is 0.551. The van der Waals surface area contributed by atoms with Crippen LogP contribution in [-0.4, -0.2) is 23.4 Å². The number of rotatable bonds is 8. The molecule has 0 saturated heterocycles. The van der Waals surface area contributed by atoms with E-state index in [1.807, 2.05) is 68.4 Å². The summed E-state index contributed by atoms with van der Waals surface area (Å²) < 4.78 is 5.23. The molecule has 2 aromatic carbocycles. The Morgan fingerprint density at radius 3 is 2.43 bits per heavy atom. The molecule has 0 radical (unpaired) electrons. The first-order valence-corrected chi connectivity index (χ1v) is 10.0. The number of hydrogen-bond donors (Lipinski definition) is 2. The van der Waals surface area contributed by atoms with Crippen molar-refractivity contribution in [3.8, 4) is 0 Å². The highest BCUT2D eigenvalue weighted by Crippen LogP contribution is 2.22. The molecule has 30 heavy (non-hydrogen) atoms. The van der Waals surface area contributed by atoms with E-state index < -0.39 is 0 Å².